The van der Waals surface area contributed by atoms with Gasteiger partial charge >= 0.3 is 0 Å². The van der Waals surface area contributed by atoms with Crippen molar-refractivity contribution < 1.29 is 8.81 Å². The Balaban J connectivity index is 1.12. The summed E-state index contributed by atoms with van der Waals surface area (Å²) >= 11 is 1.72. The molecule has 0 atom stereocenters. The second kappa shape index (κ2) is 7.59. The Labute approximate surface area is 182 Å². The molecular formula is C24H21FN4OS. The zero-order valence-electron chi connectivity index (χ0n) is 16.8. The van der Waals surface area contributed by atoms with Crippen LogP contribution in [0.4, 0.5) is 4.39 Å². The minimum atomic E-state index is -0.275. The number of furan rings is 1. The average molecular weight is 433 g/mol. The second-order valence-corrected chi connectivity index (χ2v) is 8.98. The Morgan fingerprint density at radius 2 is 1.97 bits per heavy atom. The topological polar surface area (TPSA) is 58.0 Å². The zero-order chi connectivity index (χ0) is 20.8. The number of H-pyrrole nitrogens is 1. The van der Waals surface area contributed by atoms with E-state index >= 15 is 0 Å². The van der Waals surface area contributed by atoms with Crippen LogP contribution in [0.3, 0.4) is 0 Å². The van der Waals surface area contributed by atoms with Crippen LogP contribution >= 0.6 is 11.3 Å². The largest absolute Gasteiger partial charge is 0.454 e. The van der Waals surface area contributed by atoms with Gasteiger partial charge in [-0.1, -0.05) is 24.3 Å². The molecule has 3 aromatic heterocycles. The zero-order valence-corrected chi connectivity index (χ0v) is 17.7. The van der Waals surface area contributed by atoms with Crippen LogP contribution in [-0.4, -0.2) is 32.9 Å². The SMILES string of the molecule is Fc1cccc2[nH]c(CN3CCC(c4nc(-c5cc6ccccc6o5)cs4)CC3)nc12. The molecule has 1 aliphatic rings. The number of nitrogens with one attached hydrogen (secondary N) is 1. The maximum absolute atomic E-state index is 13.9. The highest BCUT2D eigenvalue weighted by atomic mass is 32.1. The number of halogens is 1. The standard InChI is InChI=1S/C24H21FN4OS/c25-17-5-3-6-18-23(17)28-22(26-18)13-29-10-8-15(9-11-29)24-27-19(14-31-24)21-12-16-4-1-2-7-20(16)30-21/h1-7,12,14-15H,8-11,13H2,(H,26,28). The van der Waals surface area contributed by atoms with E-state index in [9.17, 15) is 4.39 Å². The van der Waals surface area contributed by atoms with Gasteiger partial charge < -0.3 is 9.40 Å². The minimum absolute atomic E-state index is 0.275. The summed E-state index contributed by atoms with van der Waals surface area (Å²) in [6, 6.07) is 15.1. The number of piperidine rings is 1. The molecule has 7 heteroatoms. The molecule has 0 amide bonds. The van der Waals surface area contributed by atoms with Crippen molar-refractivity contribution in [3.63, 3.8) is 0 Å². The van der Waals surface area contributed by atoms with Gasteiger partial charge in [0, 0.05) is 16.7 Å². The maximum Gasteiger partial charge on any atom is 0.154 e. The lowest BCUT2D eigenvalue weighted by Gasteiger charge is -2.30. The fraction of sp³-hybridized carbons (Fsp3) is 0.250. The number of rotatable bonds is 4. The summed E-state index contributed by atoms with van der Waals surface area (Å²) in [5.74, 6) is 1.84. The number of imidazole rings is 1. The van der Waals surface area contributed by atoms with Crippen LogP contribution in [0.5, 0.6) is 0 Å². The van der Waals surface area contributed by atoms with E-state index in [0.29, 0.717) is 18.0 Å². The first-order valence-electron chi connectivity index (χ1n) is 10.5. The first kappa shape index (κ1) is 18.7. The summed E-state index contributed by atoms with van der Waals surface area (Å²) in [5.41, 5.74) is 2.99. The highest BCUT2D eigenvalue weighted by molar-refractivity contribution is 7.10. The summed E-state index contributed by atoms with van der Waals surface area (Å²) < 4.78 is 19.9. The quantitative estimate of drug-likeness (QED) is 0.381. The monoisotopic (exact) mass is 432 g/mol. The molecule has 2 aromatic carbocycles. The molecule has 5 aromatic rings. The number of thiazole rings is 1. The van der Waals surface area contributed by atoms with Gasteiger partial charge in [-0.15, -0.1) is 11.3 Å². The number of benzene rings is 2. The Morgan fingerprint density at radius 3 is 2.81 bits per heavy atom. The minimum Gasteiger partial charge on any atom is -0.454 e. The molecule has 4 heterocycles. The smallest absolute Gasteiger partial charge is 0.154 e. The summed E-state index contributed by atoms with van der Waals surface area (Å²) in [7, 11) is 0. The van der Waals surface area contributed by atoms with Crippen LogP contribution in [0.25, 0.3) is 33.5 Å². The first-order valence-corrected chi connectivity index (χ1v) is 11.4. The van der Waals surface area contributed by atoms with Crippen molar-refractivity contribution in [2.75, 3.05) is 13.1 Å². The lowest BCUT2D eigenvalue weighted by molar-refractivity contribution is 0.201. The van der Waals surface area contributed by atoms with Crippen molar-refractivity contribution in [3.8, 4) is 11.5 Å². The molecule has 0 bridgehead atoms. The number of hydrogen-bond acceptors (Lipinski definition) is 5. The van der Waals surface area contributed by atoms with Gasteiger partial charge in [0.1, 0.15) is 22.6 Å². The predicted molar refractivity (Wildman–Crippen MR) is 121 cm³/mol. The van der Waals surface area contributed by atoms with Crippen molar-refractivity contribution in [1.29, 1.82) is 0 Å². The van der Waals surface area contributed by atoms with Gasteiger partial charge in [0.15, 0.2) is 11.6 Å². The third kappa shape index (κ3) is 3.54. The van der Waals surface area contributed by atoms with Crippen LogP contribution in [0, 0.1) is 5.82 Å². The lowest BCUT2D eigenvalue weighted by Crippen LogP contribution is -2.32. The molecule has 31 heavy (non-hydrogen) atoms. The van der Waals surface area contributed by atoms with Crippen LogP contribution < -0.4 is 0 Å². The molecular weight excluding hydrogens is 411 g/mol. The highest BCUT2D eigenvalue weighted by Crippen LogP contribution is 2.35. The van der Waals surface area contributed by atoms with Gasteiger partial charge in [-0.3, -0.25) is 4.90 Å². The van der Waals surface area contributed by atoms with E-state index in [0.717, 1.165) is 59.7 Å². The van der Waals surface area contributed by atoms with Crippen molar-refractivity contribution in [2.24, 2.45) is 0 Å². The fourth-order valence-corrected chi connectivity index (χ4v) is 5.35. The number of nitrogens with zero attached hydrogens (tertiary/aromatic N) is 3. The van der Waals surface area contributed by atoms with Crippen LogP contribution in [0.15, 0.2) is 58.3 Å². The Hall–Kier alpha value is -3.03. The van der Waals surface area contributed by atoms with Crippen LogP contribution in [0.1, 0.15) is 29.6 Å². The molecule has 1 saturated heterocycles. The molecule has 1 aliphatic heterocycles. The van der Waals surface area contributed by atoms with Crippen molar-refractivity contribution >= 4 is 33.3 Å². The molecule has 1 fully saturated rings. The average Bonchev–Trinajstić information content (AvgIpc) is 3.52. The van der Waals surface area contributed by atoms with Gasteiger partial charge in [0.25, 0.3) is 0 Å². The number of aromatic nitrogens is 3. The van der Waals surface area contributed by atoms with Crippen molar-refractivity contribution in [1.82, 2.24) is 19.9 Å². The van der Waals surface area contributed by atoms with Gasteiger partial charge in [0.2, 0.25) is 0 Å². The Morgan fingerprint density at radius 1 is 1.10 bits per heavy atom. The third-order valence-electron chi connectivity index (χ3n) is 6.02. The molecule has 0 spiro atoms. The number of likely N-dealkylation sites (tertiary alicyclic amines) is 1. The van der Waals surface area contributed by atoms with Crippen LogP contribution in [0.2, 0.25) is 0 Å². The molecule has 0 aliphatic carbocycles. The van der Waals surface area contributed by atoms with E-state index in [4.69, 9.17) is 9.40 Å². The lowest BCUT2D eigenvalue weighted by atomic mass is 9.97. The molecule has 0 unspecified atom stereocenters. The number of para-hydroxylation sites is 2. The van der Waals surface area contributed by atoms with Gasteiger partial charge in [-0.2, -0.15) is 0 Å². The highest BCUT2D eigenvalue weighted by Gasteiger charge is 2.24. The number of fused-ring (bicyclic) bond motifs is 2. The van der Waals surface area contributed by atoms with E-state index in [2.05, 4.69) is 32.4 Å². The molecule has 0 radical (unpaired) electrons. The van der Waals surface area contributed by atoms with E-state index in [1.165, 1.54) is 11.1 Å². The third-order valence-corrected chi connectivity index (χ3v) is 7.03. The number of hydrogen-bond donors (Lipinski definition) is 1. The number of aromatic amines is 1. The Kier molecular flexibility index (Phi) is 4.58. The fourth-order valence-electron chi connectivity index (χ4n) is 4.37. The normalized spacial score (nSPS) is 15.9. The summed E-state index contributed by atoms with van der Waals surface area (Å²) in [5, 5.41) is 4.38. The van der Waals surface area contributed by atoms with E-state index in [1.54, 1.807) is 17.4 Å². The van der Waals surface area contributed by atoms with Crippen molar-refractivity contribution in [3.05, 3.63) is 70.6 Å². The van der Waals surface area contributed by atoms with Crippen molar-refractivity contribution in [2.45, 2.75) is 25.3 Å². The van der Waals surface area contributed by atoms with Gasteiger partial charge in [-0.05, 0) is 50.2 Å². The molecule has 0 saturated carbocycles. The van der Waals surface area contributed by atoms with Gasteiger partial charge in [0.05, 0.1) is 17.1 Å². The van der Waals surface area contributed by atoms with Gasteiger partial charge in [-0.25, -0.2) is 14.4 Å². The first-order chi connectivity index (χ1) is 15.2. The Bertz CT molecular complexity index is 1330. The summed E-state index contributed by atoms with van der Waals surface area (Å²) in [6.07, 6.45) is 2.11. The van der Waals surface area contributed by atoms with Crippen LogP contribution in [-0.2, 0) is 6.54 Å². The summed E-state index contributed by atoms with van der Waals surface area (Å²) in [4.78, 5) is 15.0. The molecule has 156 valence electrons. The predicted octanol–water partition coefficient (Wildman–Crippen LogP) is 5.95. The summed E-state index contributed by atoms with van der Waals surface area (Å²) in [6.45, 7) is 2.66. The molecule has 6 rings (SSSR count). The molecule has 5 nitrogen and oxygen atoms in total. The van der Waals surface area contributed by atoms with E-state index < -0.39 is 0 Å². The molecule has 1 N–H and O–H groups in total. The second-order valence-electron chi connectivity index (χ2n) is 8.09. The van der Waals surface area contributed by atoms with E-state index in [1.807, 2.05) is 24.3 Å². The van der Waals surface area contributed by atoms with E-state index in [-0.39, 0.29) is 5.82 Å². The maximum atomic E-state index is 13.9.